The van der Waals surface area contributed by atoms with Crippen LogP contribution in [0.5, 0.6) is 0 Å². The summed E-state index contributed by atoms with van der Waals surface area (Å²) in [5, 5.41) is 9.02. The van der Waals surface area contributed by atoms with E-state index in [0.29, 0.717) is 0 Å². The first kappa shape index (κ1) is 11.4. The Morgan fingerprint density at radius 2 is 1.94 bits per heavy atom. The molecule has 0 aromatic carbocycles. The summed E-state index contributed by atoms with van der Waals surface area (Å²) in [5.41, 5.74) is 5.37. The van der Waals surface area contributed by atoms with Crippen molar-refractivity contribution in [2.75, 3.05) is 6.54 Å². The number of rotatable bonds is 3. The second kappa shape index (κ2) is 4.41. The maximum absolute atomic E-state index is 11.3. The highest BCUT2D eigenvalue weighted by Gasteiger charge is 2.44. The average Bonchev–Trinajstić information content (AvgIpc) is 2.15. The molecular formula is C11H18N2O3. The van der Waals surface area contributed by atoms with Crippen LogP contribution in [-0.4, -0.2) is 40.5 Å². The van der Waals surface area contributed by atoms with Gasteiger partial charge in [0, 0.05) is 6.04 Å². The van der Waals surface area contributed by atoms with Crippen LogP contribution in [-0.2, 0) is 9.59 Å². The number of nitrogens with zero attached hydrogens (tertiary/aromatic N) is 1. The van der Waals surface area contributed by atoms with Crippen LogP contribution < -0.4 is 5.73 Å². The normalized spacial score (nSPS) is 35.4. The summed E-state index contributed by atoms with van der Waals surface area (Å²) in [6.45, 7) is 0.808. The predicted octanol–water partition coefficient (Wildman–Crippen LogP) is 0.189. The zero-order valence-corrected chi connectivity index (χ0v) is 9.26. The molecule has 0 aromatic rings. The van der Waals surface area contributed by atoms with E-state index >= 15 is 0 Å². The van der Waals surface area contributed by atoms with Gasteiger partial charge in [0.1, 0.15) is 0 Å². The molecule has 2 aliphatic rings. The SMILES string of the molecule is NC(=O)C1CCCCN1C1CCC1C(=O)O. The molecule has 0 radical (unpaired) electrons. The van der Waals surface area contributed by atoms with Crippen LogP contribution in [0.15, 0.2) is 0 Å². The van der Waals surface area contributed by atoms with Crippen LogP contribution >= 0.6 is 0 Å². The summed E-state index contributed by atoms with van der Waals surface area (Å²) in [4.78, 5) is 24.3. The van der Waals surface area contributed by atoms with Gasteiger partial charge >= 0.3 is 5.97 Å². The third kappa shape index (κ3) is 1.91. The molecule has 5 heteroatoms. The molecular weight excluding hydrogens is 208 g/mol. The molecule has 3 unspecified atom stereocenters. The highest BCUT2D eigenvalue weighted by atomic mass is 16.4. The monoisotopic (exact) mass is 226 g/mol. The molecule has 2 rings (SSSR count). The Balaban J connectivity index is 2.06. The number of carboxylic acids is 1. The van der Waals surface area contributed by atoms with E-state index in [1.165, 1.54) is 0 Å². The van der Waals surface area contributed by atoms with Gasteiger partial charge < -0.3 is 10.8 Å². The molecule has 3 atom stereocenters. The van der Waals surface area contributed by atoms with Crippen LogP contribution in [0.4, 0.5) is 0 Å². The lowest BCUT2D eigenvalue weighted by molar-refractivity contribution is -0.152. The molecule has 16 heavy (non-hydrogen) atoms. The third-order valence-corrected chi connectivity index (χ3v) is 3.85. The van der Waals surface area contributed by atoms with E-state index in [9.17, 15) is 9.59 Å². The highest BCUT2D eigenvalue weighted by Crippen LogP contribution is 2.35. The molecule has 1 aliphatic heterocycles. The molecule has 1 heterocycles. The number of carbonyl (C=O) groups is 2. The largest absolute Gasteiger partial charge is 0.481 e. The van der Waals surface area contributed by atoms with Gasteiger partial charge in [-0.15, -0.1) is 0 Å². The lowest BCUT2D eigenvalue weighted by atomic mass is 9.77. The number of piperidine rings is 1. The van der Waals surface area contributed by atoms with Crippen LogP contribution in [0.1, 0.15) is 32.1 Å². The van der Waals surface area contributed by atoms with Crippen LogP contribution in [0.3, 0.4) is 0 Å². The van der Waals surface area contributed by atoms with Crippen molar-refractivity contribution in [2.24, 2.45) is 11.7 Å². The van der Waals surface area contributed by atoms with Crippen molar-refractivity contribution >= 4 is 11.9 Å². The molecule has 0 aromatic heterocycles. The molecule has 1 amide bonds. The van der Waals surface area contributed by atoms with Gasteiger partial charge in [0.2, 0.25) is 5.91 Å². The Bertz CT molecular complexity index is 306. The fraction of sp³-hybridized carbons (Fsp3) is 0.818. The Morgan fingerprint density at radius 1 is 1.19 bits per heavy atom. The number of nitrogens with two attached hydrogens (primary N) is 1. The molecule has 2 fully saturated rings. The van der Waals surface area contributed by atoms with Gasteiger partial charge in [0.05, 0.1) is 12.0 Å². The highest BCUT2D eigenvalue weighted by molar-refractivity contribution is 5.80. The van der Waals surface area contributed by atoms with Gasteiger partial charge in [-0.3, -0.25) is 14.5 Å². The zero-order valence-electron chi connectivity index (χ0n) is 9.26. The summed E-state index contributed by atoms with van der Waals surface area (Å²) < 4.78 is 0. The maximum atomic E-state index is 11.3. The minimum absolute atomic E-state index is 0.0234. The van der Waals surface area contributed by atoms with E-state index in [0.717, 1.165) is 38.6 Å². The number of hydrogen-bond acceptors (Lipinski definition) is 3. The first-order valence-electron chi connectivity index (χ1n) is 5.89. The van der Waals surface area contributed by atoms with Gasteiger partial charge in [-0.2, -0.15) is 0 Å². The zero-order chi connectivity index (χ0) is 11.7. The molecule has 1 saturated carbocycles. The quantitative estimate of drug-likeness (QED) is 0.719. The Morgan fingerprint density at radius 3 is 2.44 bits per heavy atom. The molecule has 1 aliphatic carbocycles. The maximum Gasteiger partial charge on any atom is 0.308 e. The van der Waals surface area contributed by atoms with Crippen molar-refractivity contribution in [3.8, 4) is 0 Å². The molecule has 0 bridgehead atoms. The number of likely N-dealkylation sites (tertiary alicyclic amines) is 1. The minimum Gasteiger partial charge on any atom is -0.481 e. The molecule has 5 nitrogen and oxygen atoms in total. The minimum atomic E-state index is -0.745. The smallest absolute Gasteiger partial charge is 0.308 e. The number of aliphatic carboxylic acids is 1. The number of carbonyl (C=O) groups excluding carboxylic acids is 1. The standard InChI is InChI=1S/C11H18N2O3/c12-10(14)9-3-1-2-6-13(9)8-5-4-7(8)11(15)16/h7-9H,1-6H2,(H2,12,14)(H,15,16). The topological polar surface area (TPSA) is 83.6 Å². The number of primary amides is 1. The van der Waals surface area contributed by atoms with Gasteiger partial charge in [0.25, 0.3) is 0 Å². The van der Waals surface area contributed by atoms with E-state index in [-0.39, 0.29) is 23.9 Å². The summed E-state index contributed by atoms with van der Waals surface area (Å²) in [6, 6.07) is -0.226. The van der Waals surface area contributed by atoms with Crippen molar-refractivity contribution in [1.82, 2.24) is 4.90 Å². The van der Waals surface area contributed by atoms with E-state index < -0.39 is 5.97 Å². The average molecular weight is 226 g/mol. The van der Waals surface area contributed by atoms with Gasteiger partial charge in [-0.1, -0.05) is 6.42 Å². The molecule has 0 spiro atoms. The van der Waals surface area contributed by atoms with Crippen LogP contribution in [0.2, 0.25) is 0 Å². The number of amides is 1. The summed E-state index contributed by atoms with van der Waals surface area (Å²) in [5.74, 6) is -1.36. The van der Waals surface area contributed by atoms with Crippen LogP contribution in [0, 0.1) is 5.92 Å². The first-order valence-corrected chi connectivity index (χ1v) is 5.89. The Kier molecular flexibility index (Phi) is 3.14. The fourth-order valence-electron chi connectivity index (χ4n) is 2.82. The van der Waals surface area contributed by atoms with Crippen molar-refractivity contribution in [1.29, 1.82) is 0 Å². The summed E-state index contributed by atoms with van der Waals surface area (Å²) in [6.07, 6.45) is 4.42. The number of hydrogen-bond donors (Lipinski definition) is 2. The second-order valence-electron chi connectivity index (χ2n) is 4.74. The van der Waals surface area contributed by atoms with Gasteiger partial charge in [-0.05, 0) is 32.2 Å². The summed E-state index contributed by atoms with van der Waals surface area (Å²) in [7, 11) is 0. The molecule has 1 saturated heterocycles. The van der Waals surface area contributed by atoms with Crippen LogP contribution in [0.25, 0.3) is 0 Å². The van der Waals surface area contributed by atoms with E-state index in [1.54, 1.807) is 0 Å². The Hall–Kier alpha value is -1.10. The van der Waals surface area contributed by atoms with E-state index in [1.807, 2.05) is 4.90 Å². The second-order valence-corrected chi connectivity index (χ2v) is 4.74. The van der Waals surface area contributed by atoms with Crippen molar-refractivity contribution in [3.63, 3.8) is 0 Å². The van der Waals surface area contributed by atoms with E-state index in [2.05, 4.69) is 0 Å². The third-order valence-electron chi connectivity index (χ3n) is 3.85. The van der Waals surface area contributed by atoms with Crippen molar-refractivity contribution in [2.45, 2.75) is 44.2 Å². The van der Waals surface area contributed by atoms with Crippen molar-refractivity contribution < 1.29 is 14.7 Å². The fourth-order valence-corrected chi connectivity index (χ4v) is 2.82. The lowest BCUT2D eigenvalue weighted by Gasteiger charge is -2.47. The van der Waals surface area contributed by atoms with E-state index in [4.69, 9.17) is 10.8 Å². The Labute approximate surface area is 94.6 Å². The number of carboxylic acid groups (broad SMARTS) is 1. The predicted molar refractivity (Wildman–Crippen MR) is 57.7 cm³/mol. The molecule has 3 N–H and O–H groups in total. The summed E-state index contributed by atoms with van der Waals surface area (Å²) >= 11 is 0. The lowest BCUT2D eigenvalue weighted by Crippen LogP contribution is -2.58. The first-order chi connectivity index (χ1) is 7.61. The van der Waals surface area contributed by atoms with Crippen molar-refractivity contribution in [3.05, 3.63) is 0 Å². The van der Waals surface area contributed by atoms with Gasteiger partial charge in [0.15, 0.2) is 0 Å². The van der Waals surface area contributed by atoms with Gasteiger partial charge in [-0.25, -0.2) is 0 Å². The molecule has 90 valence electrons.